The van der Waals surface area contributed by atoms with E-state index in [9.17, 15) is 5.11 Å². The molecule has 2 nitrogen and oxygen atoms in total. The number of benzene rings is 1. The van der Waals surface area contributed by atoms with Crippen molar-refractivity contribution in [3.05, 3.63) is 34.9 Å². The summed E-state index contributed by atoms with van der Waals surface area (Å²) in [6.45, 7) is 12.4. The Labute approximate surface area is 111 Å². The van der Waals surface area contributed by atoms with Crippen LogP contribution in [0.3, 0.4) is 0 Å². The number of hydrogen-bond acceptors (Lipinski definition) is 2. The minimum atomic E-state index is -0.418. The second-order valence-corrected chi connectivity index (χ2v) is 6.04. The Morgan fingerprint density at radius 1 is 1.28 bits per heavy atom. The summed E-state index contributed by atoms with van der Waals surface area (Å²) < 4.78 is 0. The summed E-state index contributed by atoms with van der Waals surface area (Å²) in [6, 6.07) is 6.41. The highest BCUT2D eigenvalue weighted by Gasteiger charge is 2.17. The summed E-state index contributed by atoms with van der Waals surface area (Å²) in [6.07, 6.45) is 0.673. The van der Waals surface area contributed by atoms with Crippen molar-refractivity contribution in [2.45, 2.75) is 52.6 Å². The third-order valence-corrected chi connectivity index (χ3v) is 3.27. The third kappa shape index (κ3) is 4.11. The highest BCUT2D eigenvalue weighted by Crippen LogP contribution is 2.27. The molecule has 0 aromatic heterocycles. The third-order valence-electron chi connectivity index (χ3n) is 3.27. The largest absolute Gasteiger partial charge is 0.387 e. The number of aliphatic hydroxyl groups is 1. The Balaban J connectivity index is 2.86. The van der Waals surface area contributed by atoms with Crippen LogP contribution in [0, 0.1) is 6.92 Å². The van der Waals surface area contributed by atoms with Crippen LogP contribution < -0.4 is 5.32 Å². The average Bonchev–Trinajstić information content (AvgIpc) is 2.28. The van der Waals surface area contributed by atoms with Gasteiger partial charge in [0.1, 0.15) is 0 Å². The predicted octanol–water partition coefficient (Wildman–Crippen LogP) is 3.33. The summed E-state index contributed by atoms with van der Waals surface area (Å²) in [4.78, 5) is 0. The van der Waals surface area contributed by atoms with E-state index in [-0.39, 0.29) is 5.41 Å². The van der Waals surface area contributed by atoms with Gasteiger partial charge in [-0.05, 0) is 42.0 Å². The fourth-order valence-electron chi connectivity index (χ4n) is 1.99. The number of rotatable bonds is 5. The van der Waals surface area contributed by atoms with E-state index >= 15 is 0 Å². The maximum absolute atomic E-state index is 10.3. The number of hydrogen-bond donors (Lipinski definition) is 2. The van der Waals surface area contributed by atoms with Crippen molar-refractivity contribution in [1.29, 1.82) is 0 Å². The van der Waals surface area contributed by atoms with Gasteiger partial charge in [0.15, 0.2) is 0 Å². The van der Waals surface area contributed by atoms with Crippen LogP contribution in [0.25, 0.3) is 0 Å². The number of aryl methyl sites for hydroxylation is 1. The summed E-state index contributed by atoms with van der Waals surface area (Å²) in [5.74, 6) is 0. The van der Waals surface area contributed by atoms with Crippen molar-refractivity contribution in [3.63, 3.8) is 0 Å². The molecule has 1 rings (SSSR count). The SMILES string of the molecule is CCCNCC(O)c1cc(C(C)(C)C)ccc1C. The van der Waals surface area contributed by atoms with Gasteiger partial charge < -0.3 is 10.4 Å². The predicted molar refractivity (Wildman–Crippen MR) is 78.0 cm³/mol. The highest BCUT2D eigenvalue weighted by atomic mass is 16.3. The van der Waals surface area contributed by atoms with E-state index in [2.05, 4.69) is 58.1 Å². The first-order chi connectivity index (χ1) is 8.36. The van der Waals surface area contributed by atoms with Crippen LogP contribution in [-0.2, 0) is 5.41 Å². The molecule has 0 aliphatic rings. The molecule has 18 heavy (non-hydrogen) atoms. The molecule has 0 fully saturated rings. The lowest BCUT2D eigenvalue weighted by Crippen LogP contribution is -2.23. The Bertz CT molecular complexity index is 379. The summed E-state index contributed by atoms with van der Waals surface area (Å²) in [5.41, 5.74) is 3.61. The molecule has 1 unspecified atom stereocenters. The van der Waals surface area contributed by atoms with Crippen LogP contribution in [0.2, 0.25) is 0 Å². The van der Waals surface area contributed by atoms with Crippen LogP contribution in [-0.4, -0.2) is 18.2 Å². The molecule has 0 radical (unpaired) electrons. The molecule has 0 amide bonds. The van der Waals surface area contributed by atoms with Crippen LogP contribution in [0.1, 0.15) is 56.9 Å². The molecule has 2 heteroatoms. The van der Waals surface area contributed by atoms with Crippen molar-refractivity contribution in [3.8, 4) is 0 Å². The topological polar surface area (TPSA) is 32.3 Å². The smallest absolute Gasteiger partial charge is 0.0917 e. The Kier molecular flexibility index (Phi) is 5.36. The first-order valence-corrected chi connectivity index (χ1v) is 6.86. The maximum atomic E-state index is 10.3. The van der Waals surface area contributed by atoms with E-state index in [4.69, 9.17) is 0 Å². The molecule has 0 aliphatic heterocycles. The Hall–Kier alpha value is -0.860. The standard InChI is InChI=1S/C16H27NO/c1-6-9-17-11-15(18)14-10-13(16(3,4)5)8-7-12(14)2/h7-8,10,15,17-18H,6,9,11H2,1-5H3. The van der Waals surface area contributed by atoms with Crippen LogP contribution in [0.4, 0.5) is 0 Å². The zero-order valence-corrected chi connectivity index (χ0v) is 12.4. The van der Waals surface area contributed by atoms with Crippen LogP contribution in [0.15, 0.2) is 18.2 Å². The molecule has 0 aliphatic carbocycles. The highest BCUT2D eigenvalue weighted by molar-refractivity contribution is 5.36. The quantitative estimate of drug-likeness (QED) is 0.785. The lowest BCUT2D eigenvalue weighted by atomic mass is 9.84. The summed E-state index contributed by atoms with van der Waals surface area (Å²) in [5, 5.41) is 13.5. The van der Waals surface area contributed by atoms with Gasteiger partial charge in [0.05, 0.1) is 6.10 Å². The van der Waals surface area contributed by atoms with Gasteiger partial charge in [0.2, 0.25) is 0 Å². The van der Waals surface area contributed by atoms with Crippen LogP contribution >= 0.6 is 0 Å². The van der Waals surface area contributed by atoms with Gasteiger partial charge >= 0.3 is 0 Å². The fraction of sp³-hybridized carbons (Fsp3) is 0.625. The molecule has 2 N–H and O–H groups in total. The van der Waals surface area contributed by atoms with Crippen molar-refractivity contribution in [2.75, 3.05) is 13.1 Å². The molecule has 1 aromatic rings. The van der Waals surface area contributed by atoms with E-state index in [1.165, 1.54) is 5.56 Å². The van der Waals surface area contributed by atoms with Gasteiger partial charge in [-0.2, -0.15) is 0 Å². The molecule has 102 valence electrons. The van der Waals surface area contributed by atoms with Gasteiger partial charge in [-0.15, -0.1) is 0 Å². The summed E-state index contributed by atoms with van der Waals surface area (Å²) >= 11 is 0. The second-order valence-electron chi connectivity index (χ2n) is 6.04. The average molecular weight is 249 g/mol. The minimum absolute atomic E-state index is 0.124. The first-order valence-electron chi connectivity index (χ1n) is 6.86. The zero-order valence-electron chi connectivity index (χ0n) is 12.4. The van der Waals surface area contributed by atoms with E-state index in [1.807, 2.05) is 0 Å². The van der Waals surface area contributed by atoms with Gasteiger partial charge in [-0.25, -0.2) is 0 Å². The fourth-order valence-corrected chi connectivity index (χ4v) is 1.99. The lowest BCUT2D eigenvalue weighted by Gasteiger charge is -2.22. The Morgan fingerprint density at radius 2 is 1.94 bits per heavy atom. The van der Waals surface area contributed by atoms with Crippen molar-refractivity contribution >= 4 is 0 Å². The van der Waals surface area contributed by atoms with E-state index in [1.54, 1.807) is 0 Å². The number of nitrogens with one attached hydrogen (secondary N) is 1. The second kappa shape index (κ2) is 6.35. The molecular weight excluding hydrogens is 222 g/mol. The van der Waals surface area contributed by atoms with Crippen molar-refractivity contribution in [2.24, 2.45) is 0 Å². The molecule has 0 bridgehead atoms. The zero-order chi connectivity index (χ0) is 13.8. The van der Waals surface area contributed by atoms with Crippen molar-refractivity contribution in [1.82, 2.24) is 5.32 Å². The molecule has 0 heterocycles. The minimum Gasteiger partial charge on any atom is -0.387 e. The molecular formula is C16H27NO. The molecule has 1 aromatic carbocycles. The van der Waals surface area contributed by atoms with Gasteiger partial charge in [0, 0.05) is 6.54 Å². The normalized spacial score (nSPS) is 13.7. The van der Waals surface area contributed by atoms with Gasteiger partial charge in [0.25, 0.3) is 0 Å². The van der Waals surface area contributed by atoms with E-state index in [0.29, 0.717) is 6.54 Å². The molecule has 1 atom stereocenters. The van der Waals surface area contributed by atoms with Crippen molar-refractivity contribution < 1.29 is 5.11 Å². The Morgan fingerprint density at radius 3 is 2.50 bits per heavy atom. The molecule has 0 saturated carbocycles. The van der Waals surface area contributed by atoms with Gasteiger partial charge in [-0.3, -0.25) is 0 Å². The number of aliphatic hydroxyl groups excluding tert-OH is 1. The van der Waals surface area contributed by atoms with Crippen LogP contribution in [0.5, 0.6) is 0 Å². The van der Waals surface area contributed by atoms with Gasteiger partial charge in [-0.1, -0.05) is 45.9 Å². The monoisotopic (exact) mass is 249 g/mol. The molecule has 0 saturated heterocycles. The van der Waals surface area contributed by atoms with E-state index in [0.717, 1.165) is 24.1 Å². The van der Waals surface area contributed by atoms with E-state index < -0.39 is 6.10 Å². The maximum Gasteiger partial charge on any atom is 0.0917 e. The first kappa shape index (κ1) is 15.2. The lowest BCUT2D eigenvalue weighted by molar-refractivity contribution is 0.174. The molecule has 0 spiro atoms. The summed E-state index contributed by atoms with van der Waals surface area (Å²) in [7, 11) is 0.